The van der Waals surface area contributed by atoms with Gasteiger partial charge in [0.15, 0.2) is 0 Å². The number of piperidine rings is 1. The molecule has 1 rings (SSSR count). The lowest BCUT2D eigenvalue weighted by Gasteiger charge is -2.29. The third-order valence-corrected chi connectivity index (χ3v) is 2.76. The van der Waals surface area contributed by atoms with Gasteiger partial charge in [0.1, 0.15) is 0 Å². The van der Waals surface area contributed by atoms with E-state index in [1.807, 2.05) is 0 Å². The number of hydrogen-bond donors (Lipinski definition) is 1. The fourth-order valence-corrected chi connectivity index (χ4v) is 1.95. The maximum Gasteiger partial charge on any atom is 0.0598 e. The summed E-state index contributed by atoms with van der Waals surface area (Å²) in [5, 5.41) is 3.56. The first-order chi connectivity index (χ1) is 6.47. The van der Waals surface area contributed by atoms with Gasteiger partial charge in [-0.05, 0) is 52.5 Å². The third-order valence-electron chi connectivity index (χ3n) is 2.76. The molecule has 1 aliphatic heterocycles. The van der Waals surface area contributed by atoms with Crippen molar-refractivity contribution in [2.75, 3.05) is 13.2 Å². The van der Waals surface area contributed by atoms with Gasteiger partial charge in [-0.3, -0.25) is 0 Å². The van der Waals surface area contributed by atoms with Gasteiger partial charge in [-0.25, -0.2) is 0 Å². The smallest absolute Gasteiger partial charge is 0.0598 e. The number of rotatable bonds is 3. The Labute approximate surface area is 88.4 Å². The van der Waals surface area contributed by atoms with Crippen molar-refractivity contribution in [3.63, 3.8) is 0 Å². The van der Waals surface area contributed by atoms with Crippen molar-refractivity contribution in [2.45, 2.75) is 58.6 Å². The molecule has 2 heteroatoms. The normalized spacial score (nSPS) is 29.1. The van der Waals surface area contributed by atoms with E-state index in [0.29, 0.717) is 6.04 Å². The largest absolute Gasteiger partial charge is 0.376 e. The summed E-state index contributed by atoms with van der Waals surface area (Å²) in [6.45, 7) is 10.8. The average molecular weight is 199 g/mol. The van der Waals surface area contributed by atoms with E-state index >= 15 is 0 Å². The highest BCUT2D eigenvalue weighted by molar-refractivity contribution is 4.76. The van der Waals surface area contributed by atoms with Crippen molar-refractivity contribution in [3.8, 4) is 0 Å². The van der Waals surface area contributed by atoms with Crippen LogP contribution in [0.15, 0.2) is 0 Å². The Bertz CT molecular complexity index is 162. The summed E-state index contributed by atoms with van der Waals surface area (Å²) in [5.41, 5.74) is 0.0142. The molecule has 84 valence electrons. The van der Waals surface area contributed by atoms with Crippen molar-refractivity contribution in [1.29, 1.82) is 0 Å². The lowest BCUT2D eigenvalue weighted by molar-refractivity contribution is -0.00865. The zero-order chi connectivity index (χ0) is 10.6. The Morgan fingerprint density at radius 1 is 1.36 bits per heavy atom. The van der Waals surface area contributed by atoms with E-state index < -0.39 is 0 Å². The average Bonchev–Trinajstić information content (AvgIpc) is 2.01. The van der Waals surface area contributed by atoms with Gasteiger partial charge in [-0.2, -0.15) is 0 Å². The number of nitrogens with one attached hydrogen (secondary N) is 1. The van der Waals surface area contributed by atoms with Gasteiger partial charge >= 0.3 is 0 Å². The second-order valence-electron chi connectivity index (χ2n) is 5.53. The molecule has 0 aromatic rings. The van der Waals surface area contributed by atoms with E-state index in [-0.39, 0.29) is 5.60 Å². The molecule has 2 nitrogen and oxygen atoms in total. The van der Waals surface area contributed by atoms with E-state index in [1.54, 1.807) is 0 Å². The van der Waals surface area contributed by atoms with Crippen LogP contribution in [0.1, 0.15) is 47.0 Å². The highest BCUT2D eigenvalue weighted by Gasteiger charge is 2.18. The van der Waals surface area contributed by atoms with E-state index in [9.17, 15) is 0 Å². The fourth-order valence-electron chi connectivity index (χ4n) is 1.95. The van der Waals surface area contributed by atoms with Crippen LogP contribution in [-0.2, 0) is 4.74 Å². The summed E-state index contributed by atoms with van der Waals surface area (Å²) in [7, 11) is 0. The van der Waals surface area contributed by atoms with Gasteiger partial charge < -0.3 is 10.1 Å². The Hall–Kier alpha value is -0.0800. The predicted octanol–water partition coefficient (Wildman–Crippen LogP) is 2.58. The summed E-state index contributed by atoms with van der Waals surface area (Å²) >= 11 is 0. The Morgan fingerprint density at radius 2 is 2.07 bits per heavy atom. The van der Waals surface area contributed by atoms with Gasteiger partial charge in [-0.1, -0.05) is 6.92 Å². The molecule has 1 fully saturated rings. The van der Waals surface area contributed by atoms with Gasteiger partial charge in [0.25, 0.3) is 0 Å². The second kappa shape index (κ2) is 5.13. The molecule has 0 aromatic carbocycles. The van der Waals surface area contributed by atoms with Crippen molar-refractivity contribution >= 4 is 0 Å². The number of hydrogen-bond acceptors (Lipinski definition) is 2. The lowest BCUT2D eigenvalue weighted by Crippen LogP contribution is -2.38. The summed E-state index contributed by atoms with van der Waals surface area (Å²) in [6.07, 6.45) is 3.80. The molecule has 0 radical (unpaired) electrons. The molecule has 0 amide bonds. The zero-order valence-electron chi connectivity index (χ0n) is 10.1. The molecule has 1 aliphatic rings. The van der Waals surface area contributed by atoms with Gasteiger partial charge in [0.2, 0.25) is 0 Å². The topological polar surface area (TPSA) is 21.3 Å². The molecule has 0 spiro atoms. The molecule has 1 heterocycles. The highest BCUT2D eigenvalue weighted by Crippen LogP contribution is 2.17. The van der Waals surface area contributed by atoms with Crippen molar-refractivity contribution in [3.05, 3.63) is 0 Å². The fraction of sp³-hybridized carbons (Fsp3) is 1.00. The molecule has 2 unspecified atom stereocenters. The molecule has 0 saturated carbocycles. The van der Waals surface area contributed by atoms with Crippen molar-refractivity contribution < 1.29 is 4.74 Å². The van der Waals surface area contributed by atoms with Crippen LogP contribution in [0.25, 0.3) is 0 Å². The SMILES string of the molecule is CC1CCNC(CCOC(C)(C)C)C1. The minimum Gasteiger partial charge on any atom is -0.376 e. The molecule has 14 heavy (non-hydrogen) atoms. The number of ether oxygens (including phenoxy) is 1. The first-order valence-corrected chi connectivity index (χ1v) is 5.85. The van der Waals surface area contributed by atoms with E-state index in [2.05, 4.69) is 33.0 Å². The van der Waals surface area contributed by atoms with E-state index in [4.69, 9.17) is 4.74 Å². The maximum atomic E-state index is 5.73. The van der Waals surface area contributed by atoms with Crippen LogP contribution in [0.5, 0.6) is 0 Å². The van der Waals surface area contributed by atoms with Crippen LogP contribution in [0.2, 0.25) is 0 Å². The van der Waals surface area contributed by atoms with Crippen LogP contribution in [-0.4, -0.2) is 24.8 Å². The second-order valence-corrected chi connectivity index (χ2v) is 5.53. The minimum absolute atomic E-state index is 0.0142. The van der Waals surface area contributed by atoms with Crippen molar-refractivity contribution in [2.24, 2.45) is 5.92 Å². The van der Waals surface area contributed by atoms with Crippen LogP contribution in [0.3, 0.4) is 0 Å². The van der Waals surface area contributed by atoms with E-state index in [0.717, 1.165) is 18.9 Å². The van der Waals surface area contributed by atoms with Crippen LogP contribution < -0.4 is 5.32 Å². The first-order valence-electron chi connectivity index (χ1n) is 5.85. The standard InChI is InChI=1S/C12H25NO/c1-10-5-7-13-11(9-10)6-8-14-12(2,3)4/h10-11,13H,5-9H2,1-4H3. The molecule has 0 aliphatic carbocycles. The van der Waals surface area contributed by atoms with Crippen LogP contribution >= 0.6 is 0 Å². The molecule has 1 N–H and O–H groups in total. The first kappa shape index (κ1) is 12.0. The highest BCUT2D eigenvalue weighted by atomic mass is 16.5. The van der Waals surface area contributed by atoms with Crippen molar-refractivity contribution in [1.82, 2.24) is 5.32 Å². The molecular formula is C12H25NO. The lowest BCUT2D eigenvalue weighted by atomic mass is 9.93. The van der Waals surface area contributed by atoms with Gasteiger partial charge in [0.05, 0.1) is 5.60 Å². The quantitative estimate of drug-likeness (QED) is 0.754. The van der Waals surface area contributed by atoms with Crippen LogP contribution in [0.4, 0.5) is 0 Å². The summed E-state index contributed by atoms with van der Waals surface area (Å²) in [6, 6.07) is 0.682. The molecular weight excluding hydrogens is 174 g/mol. The summed E-state index contributed by atoms with van der Waals surface area (Å²) < 4.78 is 5.73. The van der Waals surface area contributed by atoms with Gasteiger partial charge in [-0.15, -0.1) is 0 Å². The Balaban J connectivity index is 2.12. The molecule has 0 aromatic heterocycles. The third kappa shape index (κ3) is 4.97. The minimum atomic E-state index is 0.0142. The van der Waals surface area contributed by atoms with Crippen LogP contribution in [0, 0.1) is 5.92 Å². The monoisotopic (exact) mass is 199 g/mol. The maximum absolute atomic E-state index is 5.73. The molecule has 0 bridgehead atoms. The molecule has 2 atom stereocenters. The predicted molar refractivity (Wildman–Crippen MR) is 60.5 cm³/mol. The zero-order valence-corrected chi connectivity index (χ0v) is 10.1. The van der Waals surface area contributed by atoms with E-state index in [1.165, 1.54) is 19.4 Å². The Morgan fingerprint density at radius 3 is 2.64 bits per heavy atom. The summed E-state index contributed by atoms with van der Waals surface area (Å²) in [5.74, 6) is 0.885. The van der Waals surface area contributed by atoms with Gasteiger partial charge in [0, 0.05) is 12.6 Å². The molecule has 1 saturated heterocycles. The Kier molecular flexibility index (Phi) is 4.39. The summed E-state index contributed by atoms with van der Waals surface area (Å²) in [4.78, 5) is 0.